The Hall–Kier alpha value is -1.34. The summed E-state index contributed by atoms with van der Waals surface area (Å²) in [5.74, 6) is 0.211. The van der Waals surface area contributed by atoms with E-state index in [9.17, 15) is 9.59 Å². The highest BCUT2D eigenvalue weighted by Crippen LogP contribution is 2.12. The fourth-order valence-electron chi connectivity index (χ4n) is 3.75. The third-order valence-electron chi connectivity index (χ3n) is 5.10. The van der Waals surface area contributed by atoms with Gasteiger partial charge in [0.2, 0.25) is 5.91 Å². The first-order valence-corrected chi connectivity index (χ1v) is 10.9. The highest BCUT2D eigenvalue weighted by molar-refractivity contribution is 5.73. The lowest BCUT2D eigenvalue weighted by Crippen LogP contribution is -2.46. The van der Waals surface area contributed by atoms with Crippen LogP contribution in [0.2, 0.25) is 0 Å². The van der Waals surface area contributed by atoms with E-state index < -0.39 is 0 Å². The number of carbonyl (C=O) groups is 2. The molecule has 0 aromatic rings. The minimum atomic E-state index is -0.166. The predicted molar refractivity (Wildman–Crippen MR) is 113 cm³/mol. The molecule has 0 radical (unpaired) electrons. The summed E-state index contributed by atoms with van der Waals surface area (Å²) in [5, 5.41) is 7.00. The Labute approximate surface area is 171 Å². The van der Waals surface area contributed by atoms with E-state index in [-0.39, 0.29) is 12.0 Å². The van der Waals surface area contributed by atoms with Crippen molar-refractivity contribution in [2.75, 3.05) is 32.8 Å². The fraction of sp³-hybridized carbons (Fsp3) is 0.905. The molecule has 0 aromatic heterocycles. The van der Waals surface area contributed by atoms with E-state index in [1.165, 1.54) is 0 Å². The van der Waals surface area contributed by atoms with Crippen LogP contribution in [0.4, 0.5) is 4.79 Å². The van der Waals surface area contributed by atoms with Crippen molar-refractivity contribution in [1.29, 1.82) is 0 Å². The molecule has 2 aliphatic rings. The van der Waals surface area contributed by atoms with Crippen LogP contribution in [-0.2, 0) is 9.53 Å². The van der Waals surface area contributed by atoms with Crippen molar-refractivity contribution in [2.24, 2.45) is 0 Å². The highest BCUT2D eigenvalue weighted by Gasteiger charge is 2.23. The fourth-order valence-corrected chi connectivity index (χ4v) is 3.75. The molecule has 2 fully saturated rings. The number of likely N-dealkylation sites (tertiary alicyclic amines) is 2. The minimum absolute atomic E-state index is 0.166. The first-order valence-electron chi connectivity index (χ1n) is 10.9. The Balaban J connectivity index is 0.000000283. The summed E-state index contributed by atoms with van der Waals surface area (Å²) in [5.41, 5.74) is 0. The van der Waals surface area contributed by atoms with Gasteiger partial charge in [-0.2, -0.15) is 0 Å². The van der Waals surface area contributed by atoms with Crippen LogP contribution >= 0.6 is 0 Å². The normalized spacial score (nSPS) is 18.9. The van der Waals surface area contributed by atoms with Gasteiger partial charge >= 0.3 is 6.09 Å². The van der Waals surface area contributed by atoms with E-state index in [1.54, 1.807) is 11.8 Å². The third-order valence-corrected chi connectivity index (χ3v) is 5.10. The zero-order valence-corrected chi connectivity index (χ0v) is 18.8. The number of hydrogen-bond donors (Lipinski definition) is 2. The lowest BCUT2D eigenvalue weighted by Gasteiger charge is -2.32. The van der Waals surface area contributed by atoms with E-state index in [2.05, 4.69) is 38.3 Å². The Morgan fingerprint density at radius 3 is 1.57 bits per heavy atom. The maximum Gasteiger partial charge on any atom is 0.409 e. The van der Waals surface area contributed by atoms with Gasteiger partial charge in [-0.15, -0.1) is 0 Å². The van der Waals surface area contributed by atoms with E-state index in [0.29, 0.717) is 30.8 Å². The molecule has 7 nitrogen and oxygen atoms in total. The average molecular weight is 399 g/mol. The van der Waals surface area contributed by atoms with Gasteiger partial charge in [0, 0.05) is 57.3 Å². The van der Waals surface area contributed by atoms with Crippen molar-refractivity contribution in [3.05, 3.63) is 0 Å². The third kappa shape index (κ3) is 9.73. The van der Waals surface area contributed by atoms with Crippen molar-refractivity contribution in [1.82, 2.24) is 20.4 Å². The summed E-state index contributed by atoms with van der Waals surface area (Å²) in [7, 11) is 0. The number of carbonyl (C=O) groups excluding carboxylic acids is 2. The molecule has 7 heteroatoms. The van der Waals surface area contributed by atoms with E-state index in [0.717, 1.165) is 51.9 Å². The number of amides is 2. The van der Waals surface area contributed by atoms with Crippen LogP contribution in [-0.4, -0.2) is 78.8 Å². The van der Waals surface area contributed by atoms with Crippen LogP contribution < -0.4 is 10.6 Å². The van der Waals surface area contributed by atoms with Crippen LogP contribution in [0.1, 0.15) is 67.2 Å². The lowest BCUT2D eigenvalue weighted by atomic mass is 10.0. The van der Waals surface area contributed by atoms with Gasteiger partial charge in [0.25, 0.3) is 0 Å². The molecule has 0 saturated carbocycles. The summed E-state index contributed by atoms with van der Waals surface area (Å²) in [6, 6.07) is 2.23. The molecule has 0 bridgehead atoms. The molecule has 164 valence electrons. The second-order valence-corrected chi connectivity index (χ2v) is 8.38. The SMILES string of the molecule is CC(=O)N1CCC(NC(C)C)CC1.CCOC(=O)N1CCC(NC(C)C)CC1. The molecule has 0 aromatic carbocycles. The topological polar surface area (TPSA) is 73.9 Å². The van der Waals surface area contributed by atoms with Crippen molar-refractivity contribution in [2.45, 2.75) is 91.4 Å². The minimum Gasteiger partial charge on any atom is -0.450 e. The maximum absolute atomic E-state index is 11.4. The number of hydrogen-bond acceptors (Lipinski definition) is 5. The summed E-state index contributed by atoms with van der Waals surface area (Å²) in [6.07, 6.45) is 4.07. The molecule has 0 atom stereocenters. The first kappa shape index (κ1) is 24.7. The van der Waals surface area contributed by atoms with Crippen molar-refractivity contribution >= 4 is 12.0 Å². The predicted octanol–water partition coefficient (Wildman–Crippen LogP) is 2.60. The van der Waals surface area contributed by atoms with Crippen molar-refractivity contribution in [3.8, 4) is 0 Å². The molecule has 0 unspecified atom stereocenters. The molecular formula is C21H42N4O3. The second-order valence-electron chi connectivity index (χ2n) is 8.38. The molecule has 2 heterocycles. The van der Waals surface area contributed by atoms with Gasteiger partial charge in [0.15, 0.2) is 0 Å². The zero-order chi connectivity index (χ0) is 21.1. The van der Waals surface area contributed by atoms with Gasteiger partial charge in [-0.25, -0.2) is 4.79 Å². The molecule has 2 rings (SSSR count). The summed E-state index contributed by atoms with van der Waals surface area (Å²) in [6.45, 7) is 16.0. The first-order chi connectivity index (χ1) is 13.2. The number of piperidine rings is 2. The van der Waals surface area contributed by atoms with Gasteiger partial charge in [-0.1, -0.05) is 27.7 Å². The summed E-state index contributed by atoms with van der Waals surface area (Å²) < 4.78 is 4.96. The monoisotopic (exact) mass is 398 g/mol. The Morgan fingerprint density at radius 2 is 1.25 bits per heavy atom. The molecule has 2 N–H and O–H groups in total. The smallest absolute Gasteiger partial charge is 0.409 e. The van der Waals surface area contributed by atoms with Gasteiger partial charge in [0.05, 0.1) is 6.61 Å². The molecule has 0 aliphatic carbocycles. The summed E-state index contributed by atoms with van der Waals surface area (Å²) in [4.78, 5) is 26.2. The lowest BCUT2D eigenvalue weighted by molar-refractivity contribution is -0.129. The van der Waals surface area contributed by atoms with Gasteiger partial charge in [-0.05, 0) is 32.6 Å². The Morgan fingerprint density at radius 1 is 0.857 bits per heavy atom. The molecule has 2 amide bonds. The standard InChI is InChI=1S/C11H22N2O2.C10H20N2O/c1-4-15-11(14)13-7-5-10(6-8-13)12-9(2)3;1-8(2)11-10-4-6-12(7-5-10)9(3)13/h9-10,12H,4-8H2,1-3H3;8,10-11H,4-7H2,1-3H3. The number of nitrogens with zero attached hydrogens (tertiary/aromatic N) is 2. The molecular weight excluding hydrogens is 356 g/mol. The van der Waals surface area contributed by atoms with Gasteiger partial charge in [0.1, 0.15) is 0 Å². The van der Waals surface area contributed by atoms with Crippen LogP contribution in [0, 0.1) is 0 Å². The van der Waals surface area contributed by atoms with Crippen LogP contribution in [0.5, 0.6) is 0 Å². The Bertz CT molecular complexity index is 455. The van der Waals surface area contributed by atoms with Crippen LogP contribution in [0.15, 0.2) is 0 Å². The largest absolute Gasteiger partial charge is 0.450 e. The molecule has 28 heavy (non-hydrogen) atoms. The van der Waals surface area contributed by atoms with Crippen LogP contribution in [0.25, 0.3) is 0 Å². The zero-order valence-electron chi connectivity index (χ0n) is 18.8. The number of nitrogens with one attached hydrogen (secondary N) is 2. The van der Waals surface area contributed by atoms with E-state index in [4.69, 9.17) is 4.74 Å². The maximum atomic E-state index is 11.4. The summed E-state index contributed by atoms with van der Waals surface area (Å²) >= 11 is 0. The van der Waals surface area contributed by atoms with Gasteiger partial charge < -0.3 is 25.2 Å². The molecule has 2 aliphatic heterocycles. The van der Waals surface area contributed by atoms with E-state index >= 15 is 0 Å². The second kappa shape index (κ2) is 13.0. The van der Waals surface area contributed by atoms with Crippen LogP contribution in [0.3, 0.4) is 0 Å². The van der Waals surface area contributed by atoms with E-state index in [1.807, 2.05) is 11.8 Å². The quantitative estimate of drug-likeness (QED) is 0.745. The average Bonchev–Trinajstić information content (AvgIpc) is 2.62. The van der Waals surface area contributed by atoms with Gasteiger partial charge in [-0.3, -0.25) is 4.79 Å². The molecule has 0 spiro atoms. The highest BCUT2D eigenvalue weighted by atomic mass is 16.6. The molecule has 2 saturated heterocycles. The Kier molecular flexibility index (Phi) is 11.5. The van der Waals surface area contributed by atoms with Crippen molar-refractivity contribution in [3.63, 3.8) is 0 Å². The van der Waals surface area contributed by atoms with Crippen molar-refractivity contribution < 1.29 is 14.3 Å². The number of rotatable bonds is 5. The number of ether oxygens (including phenoxy) is 1.